The maximum Gasteiger partial charge on any atom is 0.227 e. The Morgan fingerprint density at radius 1 is 1.65 bits per heavy atom. The second-order valence-corrected chi connectivity index (χ2v) is 6.99. The summed E-state index contributed by atoms with van der Waals surface area (Å²) in [7, 11) is 1.89. The van der Waals surface area contributed by atoms with E-state index >= 15 is 0 Å². The van der Waals surface area contributed by atoms with Gasteiger partial charge in [0.05, 0.1) is 16.2 Å². The molecule has 1 aromatic rings. The fraction of sp³-hybridized carbons (Fsp3) is 0.583. The summed E-state index contributed by atoms with van der Waals surface area (Å²) in [4.78, 5) is 15.3. The third-order valence-electron chi connectivity index (χ3n) is 3.04. The van der Waals surface area contributed by atoms with E-state index in [0.717, 1.165) is 29.7 Å². The van der Waals surface area contributed by atoms with Gasteiger partial charge in [-0.3, -0.25) is 4.79 Å². The van der Waals surface area contributed by atoms with Crippen molar-refractivity contribution < 1.29 is 4.79 Å². The van der Waals surface area contributed by atoms with E-state index in [9.17, 15) is 4.79 Å². The third kappa shape index (κ3) is 3.53. The minimum atomic E-state index is 0.164. The molecule has 1 fully saturated rings. The lowest BCUT2D eigenvalue weighted by atomic mass is 9.98. The molecule has 1 atom stereocenters. The van der Waals surface area contributed by atoms with Crippen LogP contribution in [0.3, 0.4) is 0 Å². The van der Waals surface area contributed by atoms with Gasteiger partial charge >= 0.3 is 0 Å². The van der Waals surface area contributed by atoms with Crippen molar-refractivity contribution in [1.29, 1.82) is 0 Å². The number of hydrogen-bond acceptors (Lipinski definition) is 3. The van der Waals surface area contributed by atoms with Gasteiger partial charge in [-0.15, -0.1) is 11.3 Å². The lowest BCUT2D eigenvalue weighted by Crippen LogP contribution is -2.41. The Labute approximate surface area is 114 Å². The van der Waals surface area contributed by atoms with Crippen LogP contribution in [0.25, 0.3) is 0 Å². The standard InChI is InChI=1S/C12H17BrN2OS/c1-15(8-10-4-5-11(13)17-10)12(16)9-3-2-6-14-7-9/h4-5,9,14H,2-3,6-8H2,1H3. The highest BCUT2D eigenvalue weighted by Gasteiger charge is 2.23. The average Bonchev–Trinajstić information content (AvgIpc) is 2.75. The first kappa shape index (κ1) is 13.1. The summed E-state index contributed by atoms with van der Waals surface area (Å²) in [5.74, 6) is 0.430. The second kappa shape index (κ2) is 5.98. The van der Waals surface area contributed by atoms with Crippen molar-refractivity contribution in [3.05, 3.63) is 20.8 Å². The molecule has 0 aromatic carbocycles. The first-order valence-corrected chi connectivity index (χ1v) is 7.47. The summed E-state index contributed by atoms with van der Waals surface area (Å²) in [5.41, 5.74) is 0. The monoisotopic (exact) mass is 316 g/mol. The van der Waals surface area contributed by atoms with Gasteiger partial charge in [0, 0.05) is 18.5 Å². The molecule has 1 aromatic heterocycles. The van der Waals surface area contributed by atoms with E-state index in [4.69, 9.17) is 0 Å². The number of halogens is 1. The quantitative estimate of drug-likeness (QED) is 0.929. The molecule has 1 aliphatic heterocycles. The van der Waals surface area contributed by atoms with Crippen molar-refractivity contribution in [2.75, 3.05) is 20.1 Å². The molecule has 1 unspecified atom stereocenters. The number of carbonyl (C=O) groups is 1. The van der Waals surface area contributed by atoms with Crippen LogP contribution in [-0.2, 0) is 11.3 Å². The molecular formula is C12H17BrN2OS. The predicted octanol–water partition coefficient (Wildman–Crippen LogP) is 2.47. The van der Waals surface area contributed by atoms with Gasteiger partial charge in [0.25, 0.3) is 0 Å². The lowest BCUT2D eigenvalue weighted by Gasteiger charge is -2.26. The molecule has 3 nitrogen and oxygen atoms in total. The normalized spacial score (nSPS) is 20.2. The summed E-state index contributed by atoms with van der Waals surface area (Å²) in [6.07, 6.45) is 2.12. The Morgan fingerprint density at radius 3 is 3.06 bits per heavy atom. The molecule has 1 amide bonds. The van der Waals surface area contributed by atoms with Crippen LogP contribution in [0.4, 0.5) is 0 Å². The van der Waals surface area contributed by atoms with Crippen LogP contribution in [0, 0.1) is 5.92 Å². The molecular weight excluding hydrogens is 300 g/mol. The van der Waals surface area contributed by atoms with Crippen molar-refractivity contribution in [3.63, 3.8) is 0 Å². The minimum absolute atomic E-state index is 0.164. The minimum Gasteiger partial charge on any atom is -0.340 e. The van der Waals surface area contributed by atoms with Crippen molar-refractivity contribution in [2.45, 2.75) is 19.4 Å². The first-order valence-electron chi connectivity index (χ1n) is 5.86. The first-order chi connectivity index (χ1) is 8.16. The van der Waals surface area contributed by atoms with Crippen molar-refractivity contribution in [3.8, 4) is 0 Å². The van der Waals surface area contributed by atoms with Crippen LogP contribution in [-0.4, -0.2) is 30.9 Å². The van der Waals surface area contributed by atoms with Gasteiger partial charge in [0.2, 0.25) is 5.91 Å². The summed E-state index contributed by atoms with van der Waals surface area (Å²) < 4.78 is 1.12. The van der Waals surface area contributed by atoms with E-state index in [0.29, 0.717) is 6.54 Å². The van der Waals surface area contributed by atoms with Gasteiger partial charge in [0.1, 0.15) is 0 Å². The van der Waals surface area contributed by atoms with Gasteiger partial charge in [-0.05, 0) is 47.4 Å². The number of rotatable bonds is 3. The summed E-state index contributed by atoms with van der Waals surface area (Å²) >= 11 is 5.13. The Balaban J connectivity index is 1.90. The Bertz CT molecular complexity index is 388. The fourth-order valence-corrected chi connectivity index (χ4v) is 3.66. The van der Waals surface area contributed by atoms with Crippen LogP contribution < -0.4 is 5.32 Å². The molecule has 2 heterocycles. The Morgan fingerprint density at radius 2 is 2.47 bits per heavy atom. The van der Waals surface area contributed by atoms with E-state index < -0.39 is 0 Å². The number of thiophene rings is 1. The van der Waals surface area contributed by atoms with Gasteiger partial charge < -0.3 is 10.2 Å². The zero-order chi connectivity index (χ0) is 12.3. The molecule has 0 aliphatic carbocycles. The van der Waals surface area contributed by atoms with Crippen LogP contribution in [0.1, 0.15) is 17.7 Å². The SMILES string of the molecule is CN(Cc1ccc(Br)s1)C(=O)C1CCCNC1. The number of nitrogens with zero attached hydrogens (tertiary/aromatic N) is 1. The number of piperidine rings is 1. The van der Waals surface area contributed by atoms with Crippen LogP contribution in [0.2, 0.25) is 0 Å². The fourth-order valence-electron chi connectivity index (χ4n) is 2.12. The van der Waals surface area contributed by atoms with Crippen LogP contribution in [0.15, 0.2) is 15.9 Å². The summed E-state index contributed by atoms with van der Waals surface area (Å²) in [6.45, 7) is 2.59. The molecule has 94 valence electrons. The number of amides is 1. The molecule has 0 radical (unpaired) electrons. The van der Waals surface area contributed by atoms with Crippen LogP contribution in [0.5, 0.6) is 0 Å². The van der Waals surface area contributed by atoms with E-state index in [2.05, 4.69) is 27.3 Å². The third-order valence-corrected chi connectivity index (χ3v) is 4.65. The van der Waals surface area contributed by atoms with E-state index in [1.165, 1.54) is 4.88 Å². The lowest BCUT2D eigenvalue weighted by molar-refractivity contribution is -0.135. The number of nitrogens with one attached hydrogen (secondary N) is 1. The molecule has 1 aliphatic rings. The maximum atomic E-state index is 12.2. The number of hydrogen-bond donors (Lipinski definition) is 1. The molecule has 17 heavy (non-hydrogen) atoms. The van der Waals surface area contributed by atoms with Gasteiger partial charge in [0.15, 0.2) is 0 Å². The molecule has 0 spiro atoms. The van der Waals surface area contributed by atoms with E-state index in [1.54, 1.807) is 11.3 Å². The van der Waals surface area contributed by atoms with E-state index in [-0.39, 0.29) is 11.8 Å². The van der Waals surface area contributed by atoms with Crippen molar-refractivity contribution in [1.82, 2.24) is 10.2 Å². The van der Waals surface area contributed by atoms with Gasteiger partial charge in [-0.25, -0.2) is 0 Å². The topological polar surface area (TPSA) is 32.3 Å². The maximum absolute atomic E-state index is 12.2. The Kier molecular flexibility index (Phi) is 4.59. The van der Waals surface area contributed by atoms with Crippen LogP contribution >= 0.6 is 27.3 Å². The summed E-state index contributed by atoms with van der Waals surface area (Å²) in [6, 6.07) is 4.10. The highest BCUT2D eigenvalue weighted by atomic mass is 79.9. The largest absolute Gasteiger partial charge is 0.340 e. The zero-order valence-electron chi connectivity index (χ0n) is 9.91. The Hall–Kier alpha value is -0.390. The molecule has 0 bridgehead atoms. The smallest absolute Gasteiger partial charge is 0.227 e. The zero-order valence-corrected chi connectivity index (χ0v) is 12.3. The molecule has 2 rings (SSSR count). The highest BCUT2D eigenvalue weighted by molar-refractivity contribution is 9.11. The molecule has 5 heteroatoms. The van der Waals surface area contributed by atoms with Crippen molar-refractivity contribution >= 4 is 33.2 Å². The second-order valence-electron chi connectivity index (χ2n) is 4.44. The molecule has 0 saturated carbocycles. The van der Waals surface area contributed by atoms with E-state index in [1.807, 2.05) is 18.0 Å². The van der Waals surface area contributed by atoms with Gasteiger partial charge in [-0.1, -0.05) is 0 Å². The van der Waals surface area contributed by atoms with Crippen molar-refractivity contribution in [2.24, 2.45) is 5.92 Å². The predicted molar refractivity (Wildman–Crippen MR) is 74.1 cm³/mol. The summed E-state index contributed by atoms with van der Waals surface area (Å²) in [5, 5.41) is 3.29. The molecule has 1 saturated heterocycles. The van der Waals surface area contributed by atoms with Gasteiger partial charge in [-0.2, -0.15) is 0 Å². The highest BCUT2D eigenvalue weighted by Crippen LogP contribution is 2.23. The molecule has 1 N–H and O–H groups in total. The number of carbonyl (C=O) groups excluding carboxylic acids is 1. The average molecular weight is 317 g/mol.